The van der Waals surface area contributed by atoms with Gasteiger partial charge >= 0.3 is 0 Å². The largest absolute Gasteiger partial charge is 0.390 e. The predicted octanol–water partition coefficient (Wildman–Crippen LogP) is 2.19. The third-order valence-corrected chi connectivity index (χ3v) is 4.07. The first-order valence-corrected chi connectivity index (χ1v) is 7.53. The average Bonchev–Trinajstić information content (AvgIpc) is 2.93. The van der Waals surface area contributed by atoms with Crippen LogP contribution in [0.4, 0.5) is 0 Å². The summed E-state index contributed by atoms with van der Waals surface area (Å²) in [7, 11) is 1.65. The van der Waals surface area contributed by atoms with Gasteiger partial charge in [0.25, 0.3) is 0 Å². The Balaban J connectivity index is 2.08. The lowest BCUT2D eigenvalue weighted by atomic mass is 10.2. The lowest BCUT2D eigenvalue weighted by Gasteiger charge is -2.10. The molecule has 1 heterocycles. The summed E-state index contributed by atoms with van der Waals surface area (Å²) in [6.07, 6.45) is 1.68. The van der Waals surface area contributed by atoms with Crippen LogP contribution in [-0.4, -0.2) is 28.4 Å². The molecule has 0 fully saturated rings. The number of benzene rings is 1. The number of aliphatic hydroxyl groups is 1. The van der Waals surface area contributed by atoms with Crippen molar-refractivity contribution in [3.63, 3.8) is 0 Å². The molecule has 0 atom stereocenters. The van der Waals surface area contributed by atoms with Crippen LogP contribution in [-0.2, 0) is 23.6 Å². The summed E-state index contributed by atoms with van der Waals surface area (Å²) in [5.41, 5.74) is 2.51. The summed E-state index contributed by atoms with van der Waals surface area (Å²) >= 11 is 1.58. The summed E-state index contributed by atoms with van der Waals surface area (Å²) in [6.45, 7) is 1.19. The third-order valence-electron chi connectivity index (χ3n) is 3.01. The molecule has 0 saturated heterocycles. The van der Waals surface area contributed by atoms with E-state index in [1.54, 1.807) is 31.1 Å². The minimum absolute atomic E-state index is 0.0405. The molecule has 0 aliphatic heterocycles. The summed E-state index contributed by atoms with van der Waals surface area (Å²) in [5.74, 6) is 0.727. The van der Waals surface area contributed by atoms with Crippen molar-refractivity contribution in [1.82, 2.24) is 9.55 Å². The summed E-state index contributed by atoms with van der Waals surface area (Å²) < 4.78 is 7.05. The number of hydrogen-bond acceptors (Lipinski definition) is 5. The molecule has 0 saturated carbocycles. The summed E-state index contributed by atoms with van der Waals surface area (Å²) in [4.78, 5) is 4.34. The van der Waals surface area contributed by atoms with E-state index in [0.717, 1.165) is 22.2 Å². The zero-order chi connectivity index (χ0) is 15.1. The molecule has 0 radical (unpaired) electrons. The van der Waals surface area contributed by atoms with Crippen LogP contribution < -0.4 is 0 Å². The second-order valence-corrected chi connectivity index (χ2v) is 5.38. The standard InChI is InChI=1S/C15H17N3O2S/c1-20-6-5-18-14(10-19)9-17-15(18)21-11-13-4-2-3-12(7-13)8-16/h2-4,7,9,19H,5-6,10-11H2,1H3. The number of aliphatic hydroxyl groups excluding tert-OH is 1. The second-order valence-electron chi connectivity index (χ2n) is 4.44. The van der Waals surface area contributed by atoms with Crippen LogP contribution in [0.2, 0.25) is 0 Å². The second kappa shape index (κ2) is 7.84. The molecule has 2 rings (SSSR count). The van der Waals surface area contributed by atoms with E-state index in [9.17, 15) is 5.11 Å². The Bertz CT molecular complexity index is 634. The number of nitrogens with zero attached hydrogens (tertiary/aromatic N) is 3. The molecule has 0 amide bonds. The van der Waals surface area contributed by atoms with Crippen molar-refractivity contribution in [3.8, 4) is 6.07 Å². The Kier molecular flexibility index (Phi) is 5.81. The number of aromatic nitrogens is 2. The molecule has 2 aromatic rings. The van der Waals surface area contributed by atoms with Crippen molar-refractivity contribution in [2.75, 3.05) is 13.7 Å². The predicted molar refractivity (Wildman–Crippen MR) is 80.7 cm³/mol. The van der Waals surface area contributed by atoms with Gasteiger partial charge in [-0.2, -0.15) is 5.26 Å². The number of ether oxygens (including phenoxy) is 1. The van der Waals surface area contributed by atoms with Crippen LogP contribution in [0.3, 0.4) is 0 Å². The van der Waals surface area contributed by atoms with E-state index >= 15 is 0 Å². The molecule has 0 spiro atoms. The van der Waals surface area contributed by atoms with Crippen molar-refractivity contribution in [2.24, 2.45) is 0 Å². The quantitative estimate of drug-likeness (QED) is 0.794. The van der Waals surface area contributed by atoms with Crippen LogP contribution in [0.5, 0.6) is 0 Å². The van der Waals surface area contributed by atoms with Crippen molar-refractivity contribution in [3.05, 3.63) is 47.3 Å². The molecule has 6 heteroatoms. The van der Waals surface area contributed by atoms with Gasteiger partial charge in [0.2, 0.25) is 0 Å². The molecule has 0 aliphatic carbocycles. The first kappa shape index (κ1) is 15.6. The number of nitriles is 1. The van der Waals surface area contributed by atoms with Crippen LogP contribution in [0, 0.1) is 11.3 Å². The zero-order valence-electron chi connectivity index (χ0n) is 11.8. The fraction of sp³-hybridized carbons (Fsp3) is 0.333. The molecule has 1 aromatic carbocycles. The van der Waals surface area contributed by atoms with Crippen molar-refractivity contribution < 1.29 is 9.84 Å². The van der Waals surface area contributed by atoms with E-state index in [4.69, 9.17) is 10.00 Å². The molecule has 1 N–H and O–H groups in total. The van der Waals surface area contributed by atoms with Gasteiger partial charge in [-0.15, -0.1) is 0 Å². The van der Waals surface area contributed by atoms with Gasteiger partial charge in [-0.05, 0) is 17.7 Å². The number of methoxy groups -OCH3 is 1. The van der Waals surface area contributed by atoms with Gasteiger partial charge in [-0.1, -0.05) is 23.9 Å². The molecule has 110 valence electrons. The van der Waals surface area contributed by atoms with Crippen LogP contribution in [0.15, 0.2) is 35.6 Å². The highest BCUT2D eigenvalue weighted by atomic mass is 32.2. The number of thioether (sulfide) groups is 1. The summed E-state index contributed by atoms with van der Waals surface area (Å²) in [6, 6.07) is 9.67. The Morgan fingerprint density at radius 3 is 3.05 bits per heavy atom. The van der Waals surface area contributed by atoms with Crippen molar-refractivity contribution >= 4 is 11.8 Å². The molecule has 0 aliphatic rings. The molecular formula is C15H17N3O2S. The normalized spacial score (nSPS) is 10.5. The van der Waals surface area contributed by atoms with Crippen LogP contribution >= 0.6 is 11.8 Å². The molecular weight excluding hydrogens is 286 g/mol. The van der Waals surface area contributed by atoms with Gasteiger partial charge in [-0.25, -0.2) is 4.98 Å². The maximum absolute atomic E-state index is 9.34. The maximum atomic E-state index is 9.34. The van der Waals surface area contributed by atoms with Gasteiger partial charge in [-0.3, -0.25) is 0 Å². The van der Waals surface area contributed by atoms with Gasteiger partial charge in [0.1, 0.15) is 0 Å². The highest BCUT2D eigenvalue weighted by Crippen LogP contribution is 2.23. The van der Waals surface area contributed by atoms with E-state index in [1.807, 2.05) is 22.8 Å². The van der Waals surface area contributed by atoms with E-state index in [-0.39, 0.29) is 6.61 Å². The van der Waals surface area contributed by atoms with Crippen LogP contribution in [0.25, 0.3) is 0 Å². The fourth-order valence-corrected chi connectivity index (χ4v) is 2.90. The number of imidazole rings is 1. The first-order valence-electron chi connectivity index (χ1n) is 6.54. The molecule has 21 heavy (non-hydrogen) atoms. The zero-order valence-corrected chi connectivity index (χ0v) is 12.6. The molecule has 5 nitrogen and oxygen atoms in total. The maximum Gasteiger partial charge on any atom is 0.168 e. The Hall–Kier alpha value is -1.81. The van der Waals surface area contributed by atoms with Gasteiger partial charge in [0.15, 0.2) is 5.16 Å². The summed E-state index contributed by atoms with van der Waals surface area (Å²) in [5, 5.41) is 19.1. The van der Waals surface area contributed by atoms with Gasteiger partial charge < -0.3 is 14.4 Å². The van der Waals surface area contributed by atoms with Gasteiger partial charge in [0.05, 0.1) is 36.7 Å². The fourth-order valence-electron chi connectivity index (χ4n) is 1.93. The van der Waals surface area contributed by atoms with Crippen LogP contribution in [0.1, 0.15) is 16.8 Å². The highest BCUT2D eigenvalue weighted by Gasteiger charge is 2.10. The minimum atomic E-state index is -0.0405. The highest BCUT2D eigenvalue weighted by molar-refractivity contribution is 7.98. The van der Waals surface area contributed by atoms with E-state index in [1.165, 1.54) is 0 Å². The Morgan fingerprint density at radius 1 is 1.48 bits per heavy atom. The smallest absolute Gasteiger partial charge is 0.168 e. The lowest BCUT2D eigenvalue weighted by Crippen LogP contribution is -2.09. The third kappa shape index (κ3) is 4.08. The average molecular weight is 303 g/mol. The SMILES string of the molecule is COCCn1c(CO)cnc1SCc1cccc(C#N)c1. The van der Waals surface area contributed by atoms with Crippen molar-refractivity contribution in [1.29, 1.82) is 5.26 Å². The van der Waals surface area contributed by atoms with E-state index in [0.29, 0.717) is 18.7 Å². The first-order chi connectivity index (χ1) is 10.3. The lowest BCUT2D eigenvalue weighted by molar-refractivity contribution is 0.180. The number of rotatable bonds is 7. The van der Waals surface area contributed by atoms with E-state index in [2.05, 4.69) is 11.1 Å². The minimum Gasteiger partial charge on any atom is -0.390 e. The molecule has 0 unspecified atom stereocenters. The topological polar surface area (TPSA) is 71.1 Å². The monoisotopic (exact) mass is 303 g/mol. The van der Waals surface area contributed by atoms with Crippen molar-refractivity contribution in [2.45, 2.75) is 24.1 Å². The number of hydrogen-bond donors (Lipinski definition) is 1. The van der Waals surface area contributed by atoms with E-state index < -0.39 is 0 Å². The Morgan fingerprint density at radius 2 is 2.33 bits per heavy atom. The Labute approximate surface area is 128 Å². The molecule has 0 bridgehead atoms. The molecule has 1 aromatic heterocycles. The van der Waals surface area contributed by atoms with Gasteiger partial charge in [0, 0.05) is 19.4 Å².